The first-order valence-corrected chi connectivity index (χ1v) is 5.46. The first kappa shape index (κ1) is 11.0. The zero-order valence-electron chi connectivity index (χ0n) is 9.71. The molecule has 1 aromatic rings. The Morgan fingerprint density at radius 1 is 1.38 bits per heavy atom. The monoisotopic (exact) mass is 219 g/mol. The molecule has 0 bridgehead atoms. The second-order valence-corrected chi connectivity index (χ2v) is 4.05. The number of aryl methyl sites for hydroxylation is 2. The van der Waals surface area contributed by atoms with Crippen molar-refractivity contribution in [2.24, 2.45) is 10.7 Å². The van der Waals surface area contributed by atoms with Gasteiger partial charge in [-0.05, 0) is 49.4 Å². The fourth-order valence-corrected chi connectivity index (χ4v) is 2.09. The van der Waals surface area contributed by atoms with E-state index in [0.717, 1.165) is 24.2 Å². The van der Waals surface area contributed by atoms with Crippen molar-refractivity contribution in [1.82, 2.24) is 0 Å². The maximum Gasteiger partial charge on any atom is 0.0965 e. The van der Waals surface area contributed by atoms with Gasteiger partial charge in [0.15, 0.2) is 0 Å². The third-order valence-electron chi connectivity index (χ3n) is 2.72. The maximum absolute atomic E-state index is 5.62. The highest BCUT2D eigenvalue weighted by molar-refractivity contribution is 5.83. The van der Waals surface area contributed by atoms with Crippen molar-refractivity contribution < 1.29 is 4.84 Å². The predicted molar refractivity (Wildman–Crippen MR) is 66.1 cm³/mol. The van der Waals surface area contributed by atoms with Crippen LogP contribution in [0.5, 0.6) is 0 Å². The minimum Gasteiger partial charge on any atom is -0.387 e. The molecule has 0 aromatic heterocycles. The fourth-order valence-electron chi connectivity index (χ4n) is 2.09. The summed E-state index contributed by atoms with van der Waals surface area (Å²) in [5.41, 5.74) is 13.0. The van der Waals surface area contributed by atoms with E-state index in [1.165, 1.54) is 17.5 Å². The third-order valence-corrected chi connectivity index (χ3v) is 2.72. The molecule has 86 valence electrons. The molecule has 2 rings (SSSR count). The highest BCUT2D eigenvalue weighted by atomic mass is 16.6. The van der Waals surface area contributed by atoms with Crippen molar-refractivity contribution in [2.45, 2.75) is 26.2 Å². The summed E-state index contributed by atoms with van der Waals surface area (Å²) in [6, 6.07) is 4.20. The topological polar surface area (TPSA) is 59.6 Å². The van der Waals surface area contributed by atoms with Crippen LogP contribution in [0.2, 0.25) is 0 Å². The highest BCUT2D eigenvalue weighted by Crippen LogP contribution is 2.33. The van der Waals surface area contributed by atoms with E-state index in [1.54, 1.807) is 14.0 Å². The van der Waals surface area contributed by atoms with Crippen LogP contribution in [0.1, 0.15) is 24.5 Å². The van der Waals surface area contributed by atoms with Gasteiger partial charge in [0.05, 0.1) is 24.3 Å². The van der Waals surface area contributed by atoms with Crippen molar-refractivity contribution in [1.29, 1.82) is 0 Å². The summed E-state index contributed by atoms with van der Waals surface area (Å²) in [6.45, 7) is 1.78. The molecular formula is C12H17N3O. The molecule has 1 aliphatic rings. The quantitative estimate of drug-likeness (QED) is 0.465. The van der Waals surface area contributed by atoms with E-state index < -0.39 is 0 Å². The summed E-state index contributed by atoms with van der Waals surface area (Å²) in [4.78, 5) is 9.26. The molecule has 0 unspecified atom stereocenters. The summed E-state index contributed by atoms with van der Waals surface area (Å²) in [6.07, 6.45) is 3.49. The van der Waals surface area contributed by atoms with Crippen LogP contribution in [0.3, 0.4) is 0 Å². The molecule has 0 saturated carbocycles. The Balaban J connectivity index is 2.44. The van der Waals surface area contributed by atoms with Crippen LogP contribution in [-0.4, -0.2) is 12.9 Å². The number of aliphatic imine (C=N–C) groups is 1. The van der Waals surface area contributed by atoms with Gasteiger partial charge in [-0.2, -0.15) is 0 Å². The Labute approximate surface area is 95.5 Å². The fraction of sp³-hybridized carbons (Fsp3) is 0.417. The average Bonchev–Trinajstić information content (AvgIpc) is 2.64. The van der Waals surface area contributed by atoms with Gasteiger partial charge in [0.1, 0.15) is 0 Å². The number of nitrogens with zero attached hydrogens (tertiary/aromatic N) is 1. The first-order chi connectivity index (χ1) is 7.70. The van der Waals surface area contributed by atoms with Crippen LogP contribution in [-0.2, 0) is 17.7 Å². The summed E-state index contributed by atoms with van der Waals surface area (Å²) >= 11 is 0. The Hall–Kier alpha value is -1.55. The molecule has 0 aliphatic heterocycles. The Morgan fingerprint density at radius 2 is 2.06 bits per heavy atom. The lowest BCUT2D eigenvalue weighted by molar-refractivity contribution is 0.271. The van der Waals surface area contributed by atoms with Gasteiger partial charge in [-0.25, -0.2) is 4.99 Å². The highest BCUT2D eigenvalue weighted by Gasteiger charge is 2.14. The summed E-state index contributed by atoms with van der Waals surface area (Å²) in [7, 11) is 1.59. The van der Waals surface area contributed by atoms with Crippen molar-refractivity contribution in [2.75, 3.05) is 12.6 Å². The molecular weight excluding hydrogens is 202 g/mol. The minimum absolute atomic E-state index is 0.553. The summed E-state index contributed by atoms with van der Waals surface area (Å²) in [5.74, 6) is 0.553. The largest absolute Gasteiger partial charge is 0.387 e. The Morgan fingerprint density at radius 3 is 2.69 bits per heavy atom. The number of nitrogens with one attached hydrogen (secondary N) is 1. The van der Waals surface area contributed by atoms with Gasteiger partial charge in [0.25, 0.3) is 0 Å². The van der Waals surface area contributed by atoms with Gasteiger partial charge in [0.2, 0.25) is 0 Å². The standard InChI is InChI=1S/C12H17N3O/c1-8(13)14-11-6-9-4-3-5-10(9)7-12(11)15-16-2/h6-7,15H,3-5H2,1-2H3,(H2,13,14). The lowest BCUT2D eigenvalue weighted by Gasteiger charge is -2.10. The molecule has 4 nitrogen and oxygen atoms in total. The van der Waals surface area contributed by atoms with Crippen LogP contribution in [0.25, 0.3) is 0 Å². The molecule has 3 N–H and O–H groups in total. The zero-order chi connectivity index (χ0) is 11.5. The van der Waals surface area contributed by atoms with Crippen LogP contribution in [0.15, 0.2) is 17.1 Å². The first-order valence-electron chi connectivity index (χ1n) is 5.46. The van der Waals surface area contributed by atoms with Gasteiger partial charge in [0, 0.05) is 0 Å². The van der Waals surface area contributed by atoms with E-state index in [0.29, 0.717) is 5.84 Å². The molecule has 16 heavy (non-hydrogen) atoms. The second kappa shape index (κ2) is 4.53. The van der Waals surface area contributed by atoms with E-state index in [4.69, 9.17) is 10.6 Å². The van der Waals surface area contributed by atoms with Crippen molar-refractivity contribution in [3.63, 3.8) is 0 Å². The van der Waals surface area contributed by atoms with E-state index in [-0.39, 0.29) is 0 Å². The average molecular weight is 219 g/mol. The summed E-state index contributed by atoms with van der Waals surface area (Å²) < 4.78 is 0. The molecule has 1 aliphatic carbocycles. The van der Waals surface area contributed by atoms with Gasteiger partial charge < -0.3 is 5.73 Å². The number of nitrogens with two attached hydrogens (primary N) is 1. The van der Waals surface area contributed by atoms with Gasteiger partial charge >= 0.3 is 0 Å². The van der Waals surface area contributed by atoms with Crippen LogP contribution < -0.4 is 11.2 Å². The third kappa shape index (κ3) is 2.17. The molecule has 0 fully saturated rings. The number of rotatable bonds is 3. The lowest BCUT2D eigenvalue weighted by Crippen LogP contribution is -2.05. The molecule has 0 saturated heterocycles. The number of anilines is 1. The van der Waals surface area contributed by atoms with Gasteiger partial charge in [-0.1, -0.05) is 0 Å². The minimum atomic E-state index is 0.553. The molecule has 0 radical (unpaired) electrons. The Kier molecular flexibility index (Phi) is 3.10. The second-order valence-electron chi connectivity index (χ2n) is 4.05. The zero-order valence-corrected chi connectivity index (χ0v) is 9.71. The number of fused-ring (bicyclic) bond motifs is 1. The van der Waals surface area contributed by atoms with Crippen LogP contribution in [0, 0.1) is 0 Å². The number of hydrogen-bond donors (Lipinski definition) is 2. The number of benzene rings is 1. The van der Waals surface area contributed by atoms with Crippen LogP contribution >= 0.6 is 0 Å². The molecule has 0 spiro atoms. The van der Waals surface area contributed by atoms with Crippen molar-refractivity contribution in [3.8, 4) is 0 Å². The van der Waals surface area contributed by atoms with Crippen molar-refractivity contribution >= 4 is 17.2 Å². The van der Waals surface area contributed by atoms with Crippen molar-refractivity contribution in [3.05, 3.63) is 23.3 Å². The maximum atomic E-state index is 5.62. The number of hydrogen-bond acceptors (Lipinski definition) is 3. The molecule has 1 aromatic carbocycles. The number of amidine groups is 1. The van der Waals surface area contributed by atoms with Gasteiger partial charge in [-0.15, -0.1) is 0 Å². The molecule has 0 atom stereocenters. The predicted octanol–water partition coefficient (Wildman–Crippen LogP) is 2.16. The van der Waals surface area contributed by atoms with E-state index in [2.05, 4.69) is 22.6 Å². The van der Waals surface area contributed by atoms with Crippen LogP contribution in [0.4, 0.5) is 11.4 Å². The normalized spacial score (nSPS) is 15.0. The van der Waals surface area contributed by atoms with E-state index in [1.807, 2.05) is 0 Å². The Bertz CT molecular complexity index is 423. The van der Waals surface area contributed by atoms with E-state index in [9.17, 15) is 0 Å². The van der Waals surface area contributed by atoms with E-state index >= 15 is 0 Å². The molecule has 0 amide bonds. The molecule has 4 heteroatoms. The summed E-state index contributed by atoms with van der Waals surface area (Å²) in [5, 5.41) is 0. The lowest BCUT2D eigenvalue weighted by atomic mass is 10.1. The van der Waals surface area contributed by atoms with Gasteiger partial charge in [-0.3, -0.25) is 10.3 Å². The molecule has 0 heterocycles. The SMILES string of the molecule is CONc1cc2c(cc1N=C(C)N)CCC2. The smallest absolute Gasteiger partial charge is 0.0965 e.